The van der Waals surface area contributed by atoms with Crippen LogP contribution in [0.5, 0.6) is 5.75 Å². The Hall–Kier alpha value is -2.47. The maximum atomic E-state index is 12.9. The zero-order valence-electron chi connectivity index (χ0n) is 14.8. The molecule has 3 rings (SSSR count). The van der Waals surface area contributed by atoms with Crippen LogP contribution < -0.4 is 4.74 Å². The molecule has 1 aromatic carbocycles. The smallest absolute Gasteiger partial charge is 0.290 e. The minimum absolute atomic E-state index is 0.107. The Morgan fingerprint density at radius 3 is 2.88 bits per heavy atom. The van der Waals surface area contributed by atoms with Crippen LogP contribution in [0.3, 0.4) is 0 Å². The van der Waals surface area contributed by atoms with Crippen LogP contribution in [0, 0.1) is 0 Å². The molecule has 7 heteroatoms. The van der Waals surface area contributed by atoms with Crippen molar-refractivity contribution in [2.75, 3.05) is 20.7 Å². The number of benzene rings is 1. The largest absolute Gasteiger partial charge is 0.496 e. The quantitative estimate of drug-likeness (QED) is 0.803. The van der Waals surface area contributed by atoms with Crippen molar-refractivity contribution in [3.63, 3.8) is 0 Å². The number of ether oxygens (including phenoxy) is 1. The van der Waals surface area contributed by atoms with E-state index in [0.717, 1.165) is 12.0 Å². The summed E-state index contributed by atoms with van der Waals surface area (Å²) in [6.45, 7) is 0.895. The third-order valence-corrected chi connectivity index (χ3v) is 4.79. The van der Waals surface area contributed by atoms with E-state index in [1.165, 1.54) is 6.26 Å². The minimum atomic E-state index is -0.484. The molecule has 26 heavy (non-hydrogen) atoms. The van der Waals surface area contributed by atoms with Crippen molar-refractivity contribution < 1.29 is 18.7 Å². The van der Waals surface area contributed by atoms with Gasteiger partial charge in [-0.1, -0.05) is 11.6 Å². The summed E-state index contributed by atoms with van der Waals surface area (Å²) in [4.78, 5) is 28.7. The van der Waals surface area contributed by atoms with E-state index in [1.807, 2.05) is 0 Å². The molecule has 0 N–H and O–H groups in total. The second-order valence-electron chi connectivity index (χ2n) is 6.28. The maximum absolute atomic E-state index is 12.9. The number of likely N-dealkylation sites (N-methyl/N-ethyl adjacent to an activating group) is 1. The molecule has 1 aromatic heterocycles. The predicted octanol–water partition coefficient (Wildman–Crippen LogP) is 3.20. The molecule has 1 aliphatic heterocycles. The summed E-state index contributed by atoms with van der Waals surface area (Å²) in [5, 5.41) is 0.581. The zero-order valence-corrected chi connectivity index (χ0v) is 15.5. The molecule has 2 amide bonds. The molecule has 1 atom stereocenters. The van der Waals surface area contributed by atoms with Gasteiger partial charge in [0.05, 0.1) is 13.4 Å². The molecule has 0 aliphatic carbocycles. The Labute approximate surface area is 157 Å². The first-order chi connectivity index (χ1) is 12.5. The van der Waals surface area contributed by atoms with Crippen molar-refractivity contribution in [3.8, 4) is 5.75 Å². The Balaban J connectivity index is 1.73. The number of carbonyl (C=O) groups is 2. The van der Waals surface area contributed by atoms with Gasteiger partial charge < -0.3 is 19.0 Å². The van der Waals surface area contributed by atoms with E-state index in [-0.39, 0.29) is 17.6 Å². The van der Waals surface area contributed by atoms with Crippen LogP contribution in [-0.2, 0) is 11.3 Å². The van der Waals surface area contributed by atoms with E-state index >= 15 is 0 Å². The molecule has 0 bridgehead atoms. The Bertz CT molecular complexity index is 791. The second kappa shape index (κ2) is 7.83. The molecule has 0 spiro atoms. The van der Waals surface area contributed by atoms with Crippen LogP contribution >= 0.6 is 11.6 Å². The molecule has 1 unspecified atom stereocenters. The van der Waals surface area contributed by atoms with Crippen LogP contribution in [0.25, 0.3) is 0 Å². The number of halogens is 1. The summed E-state index contributed by atoms with van der Waals surface area (Å²) in [6.07, 6.45) is 2.89. The summed E-state index contributed by atoms with van der Waals surface area (Å²) in [5.41, 5.74) is 0.817. The third kappa shape index (κ3) is 3.70. The molecule has 1 saturated heterocycles. The topological polar surface area (TPSA) is 63.0 Å². The first-order valence-corrected chi connectivity index (χ1v) is 8.81. The highest BCUT2D eigenvalue weighted by Crippen LogP contribution is 2.26. The lowest BCUT2D eigenvalue weighted by molar-refractivity contribution is -0.134. The first-order valence-electron chi connectivity index (χ1n) is 8.43. The van der Waals surface area contributed by atoms with Crippen molar-refractivity contribution in [3.05, 3.63) is 52.9 Å². The van der Waals surface area contributed by atoms with Gasteiger partial charge in [-0.3, -0.25) is 9.59 Å². The number of methoxy groups -OCH3 is 1. The lowest BCUT2D eigenvalue weighted by atomic mass is 10.1. The van der Waals surface area contributed by atoms with Crippen LogP contribution in [-0.4, -0.2) is 48.4 Å². The van der Waals surface area contributed by atoms with Gasteiger partial charge in [0.15, 0.2) is 5.76 Å². The van der Waals surface area contributed by atoms with E-state index < -0.39 is 6.04 Å². The maximum Gasteiger partial charge on any atom is 0.290 e. The molecule has 6 nitrogen and oxygen atoms in total. The molecule has 0 saturated carbocycles. The van der Waals surface area contributed by atoms with Crippen molar-refractivity contribution >= 4 is 23.4 Å². The summed E-state index contributed by atoms with van der Waals surface area (Å²) < 4.78 is 10.5. The van der Waals surface area contributed by atoms with E-state index in [9.17, 15) is 9.59 Å². The summed E-state index contributed by atoms with van der Waals surface area (Å²) >= 11 is 6.06. The number of likely N-dealkylation sites (tertiary alicyclic amines) is 1. The number of furan rings is 1. The second-order valence-corrected chi connectivity index (χ2v) is 6.72. The van der Waals surface area contributed by atoms with Gasteiger partial charge in [0.25, 0.3) is 5.91 Å². The highest BCUT2D eigenvalue weighted by Gasteiger charge is 2.37. The fraction of sp³-hybridized carbons (Fsp3) is 0.368. The van der Waals surface area contributed by atoms with Crippen molar-refractivity contribution in [1.29, 1.82) is 0 Å². The third-order valence-electron chi connectivity index (χ3n) is 4.56. The summed E-state index contributed by atoms with van der Waals surface area (Å²) in [5.74, 6) is 0.567. The number of rotatable bonds is 5. The first kappa shape index (κ1) is 18.3. The van der Waals surface area contributed by atoms with Crippen LogP contribution in [0.1, 0.15) is 29.0 Å². The molecular weight excluding hydrogens is 356 g/mol. The van der Waals surface area contributed by atoms with Gasteiger partial charge in [0.2, 0.25) is 5.91 Å². The van der Waals surface area contributed by atoms with Crippen molar-refractivity contribution in [2.24, 2.45) is 0 Å². The minimum Gasteiger partial charge on any atom is -0.496 e. The van der Waals surface area contributed by atoms with Gasteiger partial charge in [-0.2, -0.15) is 0 Å². The van der Waals surface area contributed by atoms with Gasteiger partial charge in [-0.05, 0) is 43.2 Å². The van der Waals surface area contributed by atoms with Crippen LogP contribution in [0.15, 0.2) is 41.0 Å². The molecular formula is C19H21ClN2O4. The van der Waals surface area contributed by atoms with E-state index in [1.54, 1.807) is 54.3 Å². The average Bonchev–Trinajstić information content (AvgIpc) is 3.32. The predicted molar refractivity (Wildman–Crippen MR) is 97.2 cm³/mol. The SMILES string of the molecule is COc1ccc(Cl)cc1CN(C)C(=O)C1CCCN1C(=O)c1ccco1. The Morgan fingerprint density at radius 2 is 2.19 bits per heavy atom. The fourth-order valence-corrected chi connectivity index (χ4v) is 3.46. The molecule has 2 heterocycles. The molecule has 1 fully saturated rings. The van der Waals surface area contributed by atoms with Gasteiger partial charge >= 0.3 is 0 Å². The number of hydrogen-bond acceptors (Lipinski definition) is 4. The van der Waals surface area contributed by atoms with Crippen molar-refractivity contribution in [1.82, 2.24) is 9.80 Å². The normalized spacial score (nSPS) is 16.6. The number of hydrogen-bond donors (Lipinski definition) is 0. The summed E-state index contributed by atoms with van der Waals surface area (Å²) in [7, 11) is 3.30. The van der Waals surface area contributed by atoms with Crippen LogP contribution in [0.2, 0.25) is 5.02 Å². The zero-order chi connectivity index (χ0) is 18.7. The number of amides is 2. The van der Waals surface area contributed by atoms with E-state index in [4.69, 9.17) is 20.8 Å². The lowest BCUT2D eigenvalue weighted by Gasteiger charge is -2.28. The van der Waals surface area contributed by atoms with E-state index in [0.29, 0.717) is 30.3 Å². The van der Waals surface area contributed by atoms with Gasteiger partial charge in [-0.15, -0.1) is 0 Å². The van der Waals surface area contributed by atoms with Gasteiger partial charge in [-0.25, -0.2) is 0 Å². The summed E-state index contributed by atoms with van der Waals surface area (Å²) in [6, 6.07) is 8.10. The fourth-order valence-electron chi connectivity index (χ4n) is 3.27. The monoisotopic (exact) mass is 376 g/mol. The number of nitrogens with zero attached hydrogens (tertiary/aromatic N) is 2. The molecule has 2 aromatic rings. The highest BCUT2D eigenvalue weighted by atomic mass is 35.5. The van der Waals surface area contributed by atoms with Gasteiger partial charge in [0.1, 0.15) is 11.8 Å². The average molecular weight is 377 g/mol. The number of carbonyl (C=O) groups excluding carboxylic acids is 2. The van der Waals surface area contributed by atoms with Crippen molar-refractivity contribution in [2.45, 2.75) is 25.4 Å². The highest BCUT2D eigenvalue weighted by molar-refractivity contribution is 6.30. The molecule has 0 radical (unpaired) electrons. The lowest BCUT2D eigenvalue weighted by Crippen LogP contribution is -2.46. The van der Waals surface area contributed by atoms with Gasteiger partial charge in [0, 0.05) is 30.7 Å². The van der Waals surface area contributed by atoms with E-state index in [2.05, 4.69) is 0 Å². The Morgan fingerprint density at radius 1 is 1.38 bits per heavy atom. The van der Waals surface area contributed by atoms with Crippen LogP contribution in [0.4, 0.5) is 0 Å². The molecule has 1 aliphatic rings. The standard InChI is InChI=1S/C19H21ClN2O4/c1-21(12-13-11-14(20)7-8-16(13)25-2)18(23)15-5-3-9-22(15)19(24)17-6-4-10-26-17/h4,6-8,10-11,15H,3,5,9,12H2,1-2H3. The molecule has 138 valence electrons. The Kier molecular flexibility index (Phi) is 5.52.